The minimum atomic E-state index is 0. The van der Waals surface area contributed by atoms with E-state index in [1.165, 1.54) is 11.1 Å². The fourth-order valence-electron chi connectivity index (χ4n) is 2.68. The number of halogens is 1. The molecule has 1 unspecified atom stereocenters. The van der Waals surface area contributed by atoms with Crippen molar-refractivity contribution in [3.8, 4) is 11.5 Å². The van der Waals surface area contributed by atoms with Crippen LogP contribution in [0.25, 0.3) is 0 Å². The lowest BCUT2D eigenvalue weighted by Gasteiger charge is -2.15. The SMILES string of the molecule is CN=C(NCCCc1ccc(OC)c(OC)c1)NCC(C)c1ccsc1.I. The van der Waals surface area contributed by atoms with Gasteiger partial charge in [0, 0.05) is 20.1 Å². The average molecular weight is 503 g/mol. The van der Waals surface area contributed by atoms with E-state index in [0.717, 1.165) is 43.4 Å². The van der Waals surface area contributed by atoms with Crippen LogP contribution in [0.4, 0.5) is 0 Å². The number of guanidine groups is 1. The van der Waals surface area contributed by atoms with Crippen LogP contribution in [-0.4, -0.2) is 40.3 Å². The highest BCUT2D eigenvalue weighted by Gasteiger charge is 2.07. The number of ether oxygens (including phenoxy) is 2. The standard InChI is InChI=1S/C20H29N3O2S.HI/c1-15(17-9-11-26-14-17)13-23-20(21-2)22-10-5-6-16-7-8-18(24-3)19(12-16)25-4;/h7-9,11-12,14-15H,5-6,10,13H2,1-4H3,(H2,21,22,23);1H. The first-order valence-electron chi connectivity index (χ1n) is 8.85. The molecule has 0 aliphatic carbocycles. The van der Waals surface area contributed by atoms with Gasteiger partial charge in [0.15, 0.2) is 17.5 Å². The predicted octanol–water partition coefficient (Wildman–Crippen LogP) is 4.28. The Hall–Kier alpha value is -1.48. The van der Waals surface area contributed by atoms with Gasteiger partial charge in [-0.2, -0.15) is 11.3 Å². The number of aliphatic imine (C=N–C) groups is 1. The number of hydrogen-bond acceptors (Lipinski definition) is 4. The summed E-state index contributed by atoms with van der Waals surface area (Å²) in [5, 5.41) is 11.1. The van der Waals surface area contributed by atoms with Crippen molar-refractivity contribution in [3.05, 3.63) is 46.2 Å². The molecule has 0 aliphatic heterocycles. The van der Waals surface area contributed by atoms with Gasteiger partial charge in [0.2, 0.25) is 0 Å². The second-order valence-corrected chi connectivity index (χ2v) is 6.91. The van der Waals surface area contributed by atoms with Gasteiger partial charge >= 0.3 is 0 Å². The molecule has 2 rings (SSSR count). The second kappa shape index (κ2) is 12.8. The smallest absolute Gasteiger partial charge is 0.190 e. The molecule has 7 heteroatoms. The van der Waals surface area contributed by atoms with Gasteiger partial charge in [0.05, 0.1) is 14.2 Å². The molecule has 2 aromatic rings. The summed E-state index contributed by atoms with van der Waals surface area (Å²) in [6.07, 6.45) is 1.98. The molecule has 0 bridgehead atoms. The third-order valence-electron chi connectivity index (χ3n) is 4.29. The van der Waals surface area contributed by atoms with Crippen molar-refractivity contribution >= 4 is 41.3 Å². The first-order chi connectivity index (χ1) is 12.7. The lowest BCUT2D eigenvalue weighted by Crippen LogP contribution is -2.39. The van der Waals surface area contributed by atoms with Crippen molar-refractivity contribution in [2.45, 2.75) is 25.7 Å². The molecule has 1 heterocycles. The average Bonchev–Trinajstić information content (AvgIpc) is 3.21. The highest BCUT2D eigenvalue weighted by molar-refractivity contribution is 14.0. The van der Waals surface area contributed by atoms with E-state index in [1.54, 1.807) is 32.6 Å². The zero-order valence-corrected chi connectivity index (χ0v) is 19.6. The monoisotopic (exact) mass is 503 g/mol. The zero-order chi connectivity index (χ0) is 18.8. The Morgan fingerprint density at radius 2 is 1.93 bits per heavy atom. The van der Waals surface area contributed by atoms with Crippen LogP contribution < -0.4 is 20.1 Å². The van der Waals surface area contributed by atoms with E-state index in [-0.39, 0.29) is 24.0 Å². The summed E-state index contributed by atoms with van der Waals surface area (Å²) in [5.74, 6) is 2.85. The molecule has 150 valence electrons. The first-order valence-corrected chi connectivity index (χ1v) is 9.79. The Kier molecular flexibility index (Phi) is 11.2. The summed E-state index contributed by atoms with van der Waals surface area (Å²) >= 11 is 1.74. The maximum absolute atomic E-state index is 5.35. The van der Waals surface area contributed by atoms with Gasteiger partial charge in [-0.1, -0.05) is 13.0 Å². The van der Waals surface area contributed by atoms with Crippen LogP contribution in [0.5, 0.6) is 11.5 Å². The molecule has 0 fully saturated rings. The number of methoxy groups -OCH3 is 2. The molecule has 1 atom stereocenters. The fourth-order valence-corrected chi connectivity index (χ4v) is 3.46. The fraction of sp³-hybridized carbons (Fsp3) is 0.450. The van der Waals surface area contributed by atoms with Crippen molar-refractivity contribution in [1.82, 2.24) is 10.6 Å². The van der Waals surface area contributed by atoms with Crippen LogP contribution in [0.2, 0.25) is 0 Å². The topological polar surface area (TPSA) is 54.9 Å². The summed E-state index contributed by atoms with van der Waals surface area (Å²) in [5.41, 5.74) is 2.60. The van der Waals surface area contributed by atoms with E-state index in [1.807, 2.05) is 12.1 Å². The number of nitrogens with one attached hydrogen (secondary N) is 2. The van der Waals surface area contributed by atoms with Crippen LogP contribution in [0.3, 0.4) is 0 Å². The minimum absolute atomic E-state index is 0. The minimum Gasteiger partial charge on any atom is -0.493 e. The molecule has 1 aromatic heterocycles. The van der Waals surface area contributed by atoms with E-state index in [9.17, 15) is 0 Å². The van der Waals surface area contributed by atoms with Crippen LogP contribution in [0.1, 0.15) is 30.4 Å². The van der Waals surface area contributed by atoms with Gasteiger partial charge < -0.3 is 20.1 Å². The highest BCUT2D eigenvalue weighted by atomic mass is 127. The maximum atomic E-state index is 5.35. The van der Waals surface area contributed by atoms with Crippen molar-refractivity contribution in [2.75, 3.05) is 34.4 Å². The molecule has 1 aromatic carbocycles. The number of aryl methyl sites for hydroxylation is 1. The maximum Gasteiger partial charge on any atom is 0.190 e. The van der Waals surface area contributed by atoms with Crippen LogP contribution >= 0.6 is 35.3 Å². The van der Waals surface area contributed by atoms with Crippen molar-refractivity contribution in [2.24, 2.45) is 4.99 Å². The molecule has 0 saturated heterocycles. The molecule has 0 radical (unpaired) electrons. The summed E-state index contributed by atoms with van der Waals surface area (Å²) < 4.78 is 10.6. The molecule has 0 saturated carbocycles. The summed E-state index contributed by atoms with van der Waals surface area (Å²) in [6.45, 7) is 3.95. The molecule has 0 spiro atoms. The number of benzene rings is 1. The quantitative estimate of drug-likeness (QED) is 0.232. The Morgan fingerprint density at radius 3 is 2.56 bits per heavy atom. The first kappa shape index (κ1) is 23.6. The normalized spacial score (nSPS) is 12.1. The Labute approximate surface area is 183 Å². The lowest BCUT2D eigenvalue weighted by atomic mass is 10.1. The van der Waals surface area contributed by atoms with Crippen LogP contribution in [0.15, 0.2) is 40.0 Å². The van der Waals surface area contributed by atoms with Crippen molar-refractivity contribution in [1.29, 1.82) is 0 Å². The Balaban J connectivity index is 0.00000364. The number of nitrogens with zero attached hydrogens (tertiary/aromatic N) is 1. The molecular weight excluding hydrogens is 473 g/mol. The van der Waals surface area contributed by atoms with Gasteiger partial charge in [-0.3, -0.25) is 4.99 Å². The summed E-state index contributed by atoms with van der Waals surface area (Å²) in [7, 11) is 5.12. The van der Waals surface area contributed by atoms with E-state index in [2.05, 4.69) is 45.4 Å². The van der Waals surface area contributed by atoms with E-state index >= 15 is 0 Å². The van der Waals surface area contributed by atoms with Gasteiger partial charge in [-0.15, -0.1) is 24.0 Å². The highest BCUT2D eigenvalue weighted by Crippen LogP contribution is 2.27. The third kappa shape index (κ3) is 7.57. The van der Waals surface area contributed by atoms with Gasteiger partial charge in [-0.25, -0.2) is 0 Å². The summed E-state index contributed by atoms with van der Waals surface area (Å²) in [6, 6.07) is 8.25. The van der Waals surface area contributed by atoms with Crippen molar-refractivity contribution in [3.63, 3.8) is 0 Å². The van der Waals surface area contributed by atoms with Gasteiger partial charge in [-0.05, 0) is 58.8 Å². The molecule has 0 aliphatic rings. The van der Waals surface area contributed by atoms with E-state index in [0.29, 0.717) is 5.92 Å². The molecule has 0 amide bonds. The summed E-state index contributed by atoms with van der Waals surface area (Å²) in [4.78, 5) is 4.30. The van der Waals surface area contributed by atoms with E-state index < -0.39 is 0 Å². The van der Waals surface area contributed by atoms with E-state index in [4.69, 9.17) is 9.47 Å². The largest absolute Gasteiger partial charge is 0.493 e. The number of rotatable bonds is 9. The van der Waals surface area contributed by atoms with Crippen LogP contribution in [-0.2, 0) is 6.42 Å². The molecule has 27 heavy (non-hydrogen) atoms. The van der Waals surface area contributed by atoms with Crippen LogP contribution in [0, 0.1) is 0 Å². The van der Waals surface area contributed by atoms with Gasteiger partial charge in [0.1, 0.15) is 0 Å². The molecular formula is C20H30IN3O2S. The second-order valence-electron chi connectivity index (χ2n) is 6.13. The number of thiophene rings is 1. The third-order valence-corrected chi connectivity index (χ3v) is 5.00. The molecule has 2 N–H and O–H groups in total. The lowest BCUT2D eigenvalue weighted by molar-refractivity contribution is 0.354. The predicted molar refractivity (Wildman–Crippen MR) is 125 cm³/mol. The zero-order valence-electron chi connectivity index (χ0n) is 16.5. The Morgan fingerprint density at radius 1 is 1.15 bits per heavy atom. The molecule has 5 nitrogen and oxygen atoms in total. The number of hydrogen-bond donors (Lipinski definition) is 2. The Bertz CT molecular complexity index is 693. The van der Waals surface area contributed by atoms with Crippen molar-refractivity contribution < 1.29 is 9.47 Å². The van der Waals surface area contributed by atoms with Gasteiger partial charge in [0.25, 0.3) is 0 Å².